The topological polar surface area (TPSA) is 59.0 Å². The molecule has 0 atom stereocenters. The number of aliphatic hydroxyl groups is 1. The quantitative estimate of drug-likeness (QED) is 0.578. The Morgan fingerprint density at radius 2 is 1.89 bits per heavy atom. The van der Waals surface area contributed by atoms with Crippen LogP contribution in [0.3, 0.4) is 0 Å². The maximum atomic E-state index is 11.7. The highest BCUT2D eigenvalue weighted by molar-refractivity contribution is 5.67. The van der Waals surface area contributed by atoms with Crippen molar-refractivity contribution in [3.63, 3.8) is 0 Å². The highest BCUT2D eigenvalue weighted by Gasteiger charge is 2.12. The average Bonchev–Trinajstić information content (AvgIpc) is 2.38. The molecule has 0 unspecified atom stereocenters. The van der Waals surface area contributed by atoms with Crippen molar-refractivity contribution in [1.29, 1.82) is 0 Å². The minimum absolute atomic E-state index is 0.00794. The van der Waals surface area contributed by atoms with Crippen molar-refractivity contribution >= 4 is 6.09 Å². The van der Waals surface area contributed by atoms with E-state index in [2.05, 4.69) is 6.92 Å². The number of aliphatic hydroxyl groups excluding tert-OH is 1. The molecule has 0 aliphatic rings. The Morgan fingerprint density at radius 3 is 2.50 bits per heavy atom. The number of hydrogen-bond donors (Lipinski definition) is 1. The van der Waals surface area contributed by atoms with E-state index in [-0.39, 0.29) is 12.7 Å². The number of nitrogens with zero attached hydrogens (tertiary/aromatic N) is 1. The van der Waals surface area contributed by atoms with Crippen molar-refractivity contribution in [2.45, 2.75) is 39.5 Å². The summed E-state index contributed by atoms with van der Waals surface area (Å²) in [6, 6.07) is 0. The second-order valence-corrected chi connectivity index (χ2v) is 4.09. The third-order valence-electron chi connectivity index (χ3n) is 2.60. The summed E-state index contributed by atoms with van der Waals surface area (Å²) in [5, 5.41) is 8.55. The minimum Gasteiger partial charge on any atom is -0.449 e. The first-order valence-electron chi connectivity index (χ1n) is 6.86. The summed E-state index contributed by atoms with van der Waals surface area (Å²) in [4.78, 5) is 13.3. The number of hydrogen-bond acceptors (Lipinski definition) is 4. The van der Waals surface area contributed by atoms with E-state index in [9.17, 15) is 4.79 Å². The molecule has 0 rings (SSSR count). The maximum Gasteiger partial charge on any atom is 0.409 e. The monoisotopic (exact) mass is 261 g/mol. The van der Waals surface area contributed by atoms with Crippen LogP contribution in [0.2, 0.25) is 0 Å². The van der Waals surface area contributed by atoms with Gasteiger partial charge in [0.1, 0.15) is 0 Å². The van der Waals surface area contributed by atoms with E-state index < -0.39 is 0 Å². The number of carbonyl (C=O) groups is 1. The fourth-order valence-corrected chi connectivity index (χ4v) is 1.50. The molecule has 0 aliphatic heterocycles. The summed E-state index contributed by atoms with van der Waals surface area (Å²) in [6.07, 6.45) is 4.12. The minimum atomic E-state index is -0.276. The van der Waals surface area contributed by atoms with E-state index in [1.807, 2.05) is 6.92 Å². The summed E-state index contributed by atoms with van der Waals surface area (Å²) in [5.41, 5.74) is 0. The molecule has 0 spiro atoms. The van der Waals surface area contributed by atoms with Crippen LogP contribution in [0.4, 0.5) is 4.79 Å². The van der Waals surface area contributed by atoms with Crippen molar-refractivity contribution in [3.8, 4) is 0 Å². The molecule has 0 aliphatic carbocycles. The lowest BCUT2D eigenvalue weighted by atomic mass is 10.2. The molecule has 0 saturated heterocycles. The molecule has 0 heterocycles. The van der Waals surface area contributed by atoms with E-state index in [0.717, 1.165) is 12.8 Å². The molecular weight excluding hydrogens is 234 g/mol. The fourth-order valence-electron chi connectivity index (χ4n) is 1.50. The van der Waals surface area contributed by atoms with Gasteiger partial charge >= 0.3 is 6.09 Å². The Hall–Kier alpha value is -0.810. The van der Waals surface area contributed by atoms with Gasteiger partial charge in [0.05, 0.1) is 26.4 Å². The third kappa shape index (κ3) is 9.24. The largest absolute Gasteiger partial charge is 0.449 e. The standard InChI is InChI=1S/C13H27NO4/c1-3-5-6-7-10-18-13(16)14(4-2)8-11-17-12-9-15/h15H,3-12H2,1-2H3. The number of unbranched alkanes of at least 4 members (excludes halogenated alkanes) is 3. The lowest BCUT2D eigenvalue weighted by Gasteiger charge is -2.20. The normalized spacial score (nSPS) is 10.4. The van der Waals surface area contributed by atoms with Crippen LogP contribution in [0.5, 0.6) is 0 Å². The molecule has 0 bridgehead atoms. The molecular formula is C13H27NO4. The van der Waals surface area contributed by atoms with E-state index in [0.29, 0.717) is 32.9 Å². The first-order valence-corrected chi connectivity index (χ1v) is 6.86. The zero-order valence-corrected chi connectivity index (χ0v) is 11.7. The third-order valence-corrected chi connectivity index (χ3v) is 2.60. The molecule has 1 N–H and O–H groups in total. The van der Waals surface area contributed by atoms with Crippen molar-refractivity contribution in [2.24, 2.45) is 0 Å². The molecule has 5 heteroatoms. The Morgan fingerprint density at radius 1 is 1.11 bits per heavy atom. The smallest absolute Gasteiger partial charge is 0.409 e. The van der Waals surface area contributed by atoms with Crippen LogP contribution in [0, 0.1) is 0 Å². The predicted octanol–water partition coefficient (Wildman–Crippen LogP) is 2.03. The molecule has 0 aromatic rings. The summed E-state index contributed by atoms with van der Waals surface area (Å²) in [7, 11) is 0. The Balaban J connectivity index is 3.61. The number of rotatable bonds is 11. The fraction of sp³-hybridized carbons (Fsp3) is 0.923. The van der Waals surface area contributed by atoms with Crippen LogP contribution in [-0.4, -0.2) is 55.6 Å². The van der Waals surface area contributed by atoms with Gasteiger partial charge in [0.25, 0.3) is 0 Å². The van der Waals surface area contributed by atoms with Crippen LogP contribution >= 0.6 is 0 Å². The molecule has 5 nitrogen and oxygen atoms in total. The van der Waals surface area contributed by atoms with Gasteiger partial charge in [0.15, 0.2) is 0 Å². The summed E-state index contributed by atoms with van der Waals surface area (Å²) >= 11 is 0. The van der Waals surface area contributed by atoms with Crippen molar-refractivity contribution in [2.75, 3.05) is 39.5 Å². The Bertz CT molecular complexity index is 199. The van der Waals surface area contributed by atoms with Gasteiger partial charge in [-0.1, -0.05) is 26.2 Å². The number of likely N-dealkylation sites (N-methyl/N-ethyl adjacent to an activating group) is 1. The molecule has 0 fully saturated rings. The van der Waals surface area contributed by atoms with Gasteiger partial charge in [-0.3, -0.25) is 0 Å². The van der Waals surface area contributed by atoms with Crippen LogP contribution in [0.25, 0.3) is 0 Å². The molecule has 108 valence electrons. The van der Waals surface area contributed by atoms with E-state index in [4.69, 9.17) is 14.6 Å². The van der Waals surface area contributed by atoms with Crippen molar-refractivity contribution in [3.05, 3.63) is 0 Å². The lowest BCUT2D eigenvalue weighted by molar-refractivity contribution is 0.0619. The lowest BCUT2D eigenvalue weighted by Crippen LogP contribution is -2.34. The van der Waals surface area contributed by atoms with Crippen molar-refractivity contribution < 1.29 is 19.4 Å². The first kappa shape index (κ1) is 17.2. The van der Waals surface area contributed by atoms with Gasteiger partial charge in [-0.2, -0.15) is 0 Å². The summed E-state index contributed by atoms with van der Waals surface area (Å²) in [6.45, 7) is 6.41. The highest BCUT2D eigenvalue weighted by atomic mass is 16.6. The van der Waals surface area contributed by atoms with Crippen molar-refractivity contribution in [1.82, 2.24) is 4.90 Å². The van der Waals surface area contributed by atoms with E-state index in [1.165, 1.54) is 12.8 Å². The summed E-state index contributed by atoms with van der Waals surface area (Å²) < 4.78 is 10.3. The Labute approximate surface area is 110 Å². The maximum absolute atomic E-state index is 11.7. The second-order valence-electron chi connectivity index (χ2n) is 4.09. The molecule has 0 aromatic carbocycles. The van der Waals surface area contributed by atoms with E-state index >= 15 is 0 Å². The molecule has 1 amide bonds. The van der Waals surface area contributed by atoms with Gasteiger partial charge in [-0.25, -0.2) is 4.79 Å². The second kappa shape index (κ2) is 12.6. The van der Waals surface area contributed by atoms with Crippen LogP contribution < -0.4 is 0 Å². The molecule has 0 aromatic heterocycles. The predicted molar refractivity (Wildman–Crippen MR) is 70.6 cm³/mol. The SMILES string of the molecule is CCCCCCOC(=O)N(CC)CCOCCO. The molecule has 0 radical (unpaired) electrons. The van der Waals surface area contributed by atoms with E-state index in [1.54, 1.807) is 4.90 Å². The van der Waals surface area contributed by atoms with Gasteiger partial charge in [0, 0.05) is 13.1 Å². The number of amides is 1. The molecule has 0 saturated carbocycles. The van der Waals surface area contributed by atoms with Gasteiger partial charge in [-0.05, 0) is 13.3 Å². The number of carbonyl (C=O) groups excluding carboxylic acids is 1. The summed E-state index contributed by atoms with van der Waals surface area (Å²) in [5.74, 6) is 0. The zero-order chi connectivity index (χ0) is 13.6. The highest BCUT2D eigenvalue weighted by Crippen LogP contribution is 2.01. The molecule has 18 heavy (non-hydrogen) atoms. The van der Waals surface area contributed by atoms with Gasteiger partial charge < -0.3 is 19.5 Å². The number of ether oxygens (including phenoxy) is 2. The van der Waals surface area contributed by atoms with Gasteiger partial charge in [0.2, 0.25) is 0 Å². The Kier molecular flexibility index (Phi) is 12.1. The van der Waals surface area contributed by atoms with Gasteiger partial charge in [-0.15, -0.1) is 0 Å². The zero-order valence-electron chi connectivity index (χ0n) is 11.7. The van der Waals surface area contributed by atoms with Crippen LogP contribution in [-0.2, 0) is 9.47 Å². The van der Waals surface area contributed by atoms with Crippen LogP contribution in [0.15, 0.2) is 0 Å². The average molecular weight is 261 g/mol. The first-order chi connectivity index (χ1) is 8.76. The van der Waals surface area contributed by atoms with Crippen LogP contribution in [0.1, 0.15) is 39.5 Å².